The predicted molar refractivity (Wildman–Crippen MR) is 147 cm³/mol. The van der Waals surface area contributed by atoms with Gasteiger partial charge in [-0.1, -0.05) is 32.4 Å². The second-order valence-corrected chi connectivity index (χ2v) is 12.1. The van der Waals surface area contributed by atoms with E-state index in [0.717, 1.165) is 42.5 Å². The molecular formula is C29H30N4O5S. The van der Waals surface area contributed by atoms with Crippen LogP contribution in [0.2, 0.25) is 0 Å². The summed E-state index contributed by atoms with van der Waals surface area (Å²) in [5.41, 5.74) is 9.63. The van der Waals surface area contributed by atoms with Crippen molar-refractivity contribution in [3.05, 3.63) is 78.6 Å². The number of nitro groups is 1. The lowest BCUT2D eigenvalue weighted by molar-refractivity contribution is -0.384. The number of anilines is 1. The lowest BCUT2D eigenvalue weighted by atomic mass is 9.68. The number of methoxy groups -OCH3 is 1. The first-order valence-electron chi connectivity index (χ1n) is 13.0. The van der Waals surface area contributed by atoms with Gasteiger partial charge in [-0.25, -0.2) is 4.79 Å². The minimum atomic E-state index is -0.759. The van der Waals surface area contributed by atoms with E-state index in [9.17, 15) is 25.0 Å². The second kappa shape index (κ2) is 9.97. The number of ether oxygens (including phenoxy) is 1. The Labute approximate surface area is 230 Å². The van der Waals surface area contributed by atoms with Crippen molar-refractivity contribution in [3.8, 4) is 6.07 Å². The number of esters is 1. The van der Waals surface area contributed by atoms with Gasteiger partial charge in [0.15, 0.2) is 5.78 Å². The van der Waals surface area contributed by atoms with E-state index < -0.39 is 16.8 Å². The standard InChI is InChI=1S/C29H30N4O5S/c1-29(2)13-20-25(21(34)14-29)23(16-9-11-17(12-10-16)33(36)37)19(15-30)26(31)32(20)27-24(28(35)38-3)18-7-5-4-6-8-22(18)39-27/h9-12,23H,4-8,13-14,31H2,1-3H3/t23-/m1/s1. The van der Waals surface area contributed by atoms with E-state index in [1.54, 1.807) is 17.0 Å². The van der Waals surface area contributed by atoms with Crippen molar-refractivity contribution in [1.29, 1.82) is 5.26 Å². The fourth-order valence-corrected chi connectivity index (χ4v) is 7.48. The Morgan fingerprint density at radius 2 is 1.90 bits per heavy atom. The van der Waals surface area contributed by atoms with Gasteiger partial charge >= 0.3 is 5.97 Å². The summed E-state index contributed by atoms with van der Waals surface area (Å²) in [6, 6.07) is 8.13. The highest BCUT2D eigenvalue weighted by molar-refractivity contribution is 7.16. The van der Waals surface area contributed by atoms with Gasteiger partial charge in [0.05, 0.1) is 35.2 Å². The average molecular weight is 547 g/mol. The number of carbonyl (C=O) groups is 2. The summed E-state index contributed by atoms with van der Waals surface area (Å²) in [7, 11) is 1.35. The number of hydrogen-bond acceptors (Lipinski definition) is 9. The third kappa shape index (κ3) is 4.51. The molecule has 5 rings (SSSR count). The quantitative estimate of drug-likeness (QED) is 0.224. The number of thiophene rings is 1. The molecule has 2 N–H and O–H groups in total. The van der Waals surface area contributed by atoms with Gasteiger partial charge in [0, 0.05) is 34.7 Å². The van der Waals surface area contributed by atoms with E-state index >= 15 is 0 Å². The van der Waals surface area contributed by atoms with Crippen molar-refractivity contribution in [3.63, 3.8) is 0 Å². The van der Waals surface area contributed by atoms with E-state index in [1.807, 2.05) is 13.8 Å². The zero-order valence-electron chi connectivity index (χ0n) is 22.2. The Bertz CT molecular complexity index is 1490. The van der Waals surface area contributed by atoms with Crippen LogP contribution in [0.4, 0.5) is 10.7 Å². The molecule has 0 saturated carbocycles. The Hall–Kier alpha value is -3.97. The Morgan fingerprint density at radius 3 is 2.54 bits per heavy atom. The number of nitriles is 1. The van der Waals surface area contributed by atoms with Crippen molar-refractivity contribution in [2.24, 2.45) is 11.1 Å². The number of fused-ring (bicyclic) bond motifs is 1. The molecule has 2 aromatic rings. The zero-order chi connectivity index (χ0) is 28.1. The molecule has 3 aliphatic rings. The summed E-state index contributed by atoms with van der Waals surface area (Å²) in [6.07, 6.45) is 5.44. The van der Waals surface area contributed by atoms with Gasteiger partial charge in [-0.2, -0.15) is 5.26 Å². The van der Waals surface area contributed by atoms with Crippen molar-refractivity contribution in [2.75, 3.05) is 12.0 Å². The maximum Gasteiger partial charge on any atom is 0.341 e. The third-order valence-electron chi connectivity index (χ3n) is 7.81. The molecule has 0 bridgehead atoms. The number of nitrogens with zero attached hydrogens (tertiary/aromatic N) is 3. The van der Waals surface area contributed by atoms with E-state index in [-0.39, 0.29) is 34.7 Å². The number of rotatable bonds is 4. The average Bonchev–Trinajstić information content (AvgIpc) is 3.08. The molecule has 1 atom stereocenters. The Balaban J connectivity index is 1.77. The number of nitrogens with two attached hydrogens (primary N) is 1. The van der Waals surface area contributed by atoms with Crippen LogP contribution in [0.25, 0.3) is 0 Å². The normalized spacial score (nSPS) is 20.6. The van der Waals surface area contributed by atoms with Gasteiger partial charge < -0.3 is 10.5 Å². The van der Waals surface area contributed by atoms with Crippen LogP contribution in [-0.4, -0.2) is 23.8 Å². The first kappa shape index (κ1) is 26.6. The Kier molecular flexibility index (Phi) is 6.81. The molecule has 202 valence electrons. The Morgan fingerprint density at radius 1 is 1.21 bits per heavy atom. The van der Waals surface area contributed by atoms with Gasteiger partial charge in [-0.3, -0.25) is 19.8 Å². The second-order valence-electron chi connectivity index (χ2n) is 11.1. The SMILES string of the molecule is COC(=O)c1c(N2C(N)=C(C#N)[C@@H](c3ccc([N+](=O)[O-])cc3)C3=C2CC(C)(C)CC3=O)sc2c1CCCCC2. The number of aryl methyl sites for hydroxylation is 1. The van der Waals surface area contributed by atoms with E-state index in [0.29, 0.717) is 33.8 Å². The molecule has 0 fully saturated rings. The highest BCUT2D eigenvalue weighted by Crippen LogP contribution is 2.53. The van der Waals surface area contributed by atoms with Crippen LogP contribution in [0.5, 0.6) is 0 Å². The molecule has 10 heteroatoms. The predicted octanol–water partition coefficient (Wildman–Crippen LogP) is 5.65. The van der Waals surface area contributed by atoms with Crippen LogP contribution < -0.4 is 10.6 Å². The number of non-ortho nitro benzene ring substituents is 1. The van der Waals surface area contributed by atoms with Gasteiger partial charge in [-0.15, -0.1) is 11.3 Å². The fraction of sp³-hybridized carbons (Fsp3) is 0.414. The summed E-state index contributed by atoms with van der Waals surface area (Å²) in [5.74, 6) is -1.17. The fourth-order valence-electron chi connectivity index (χ4n) is 6.06. The molecule has 2 heterocycles. The van der Waals surface area contributed by atoms with Crippen molar-refractivity contribution in [1.82, 2.24) is 0 Å². The van der Waals surface area contributed by atoms with Gasteiger partial charge in [0.25, 0.3) is 5.69 Å². The van der Waals surface area contributed by atoms with E-state index in [2.05, 4.69) is 6.07 Å². The lowest BCUT2D eigenvalue weighted by Crippen LogP contribution is -2.42. The molecule has 0 unspecified atom stereocenters. The van der Waals surface area contributed by atoms with Crippen LogP contribution in [0.3, 0.4) is 0 Å². The molecule has 9 nitrogen and oxygen atoms in total. The first-order valence-corrected chi connectivity index (χ1v) is 13.8. The lowest BCUT2D eigenvalue weighted by Gasteiger charge is -2.43. The number of hydrogen-bond donors (Lipinski definition) is 1. The van der Waals surface area contributed by atoms with Crippen molar-refractivity contribution < 1.29 is 19.2 Å². The van der Waals surface area contributed by atoms with Gasteiger partial charge in [0.2, 0.25) is 0 Å². The molecule has 0 amide bonds. The molecule has 1 aromatic heterocycles. The summed E-state index contributed by atoms with van der Waals surface area (Å²) in [6.45, 7) is 4.02. The highest BCUT2D eigenvalue weighted by atomic mass is 32.1. The molecule has 0 radical (unpaired) electrons. The molecule has 1 aliphatic heterocycles. The number of ketones is 1. The maximum atomic E-state index is 13.8. The van der Waals surface area contributed by atoms with Crippen molar-refractivity contribution >= 4 is 33.8 Å². The summed E-state index contributed by atoms with van der Waals surface area (Å²) < 4.78 is 5.22. The van der Waals surface area contributed by atoms with E-state index in [1.165, 1.54) is 30.6 Å². The molecule has 39 heavy (non-hydrogen) atoms. The summed E-state index contributed by atoms with van der Waals surface area (Å²) in [4.78, 5) is 40.6. The summed E-state index contributed by atoms with van der Waals surface area (Å²) in [5, 5.41) is 22.2. The zero-order valence-corrected chi connectivity index (χ0v) is 23.0. The van der Waals surface area contributed by atoms with Gasteiger partial charge in [-0.05, 0) is 48.6 Å². The number of nitro benzene ring substituents is 1. The third-order valence-corrected chi connectivity index (χ3v) is 9.09. The number of allylic oxidation sites excluding steroid dienone is 3. The van der Waals surface area contributed by atoms with Gasteiger partial charge in [0.1, 0.15) is 10.8 Å². The first-order chi connectivity index (χ1) is 18.6. The topological polar surface area (TPSA) is 140 Å². The maximum absolute atomic E-state index is 13.8. The minimum Gasteiger partial charge on any atom is -0.465 e. The highest BCUT2D eigenvalue weighted by Gasteiger charge is 2.46. The smallest absolute Gasteiger partial charge is 0.341 e. The largest absolute Gasteiger partial charge is 0.465 e. The number of carbonyl (C=O) groups excluding carboxylic acids is 2. The molecule has 0 spiro atoms. The van der Waals surface area contributed by atoms with Crippen LogP contribution in [0.15, 0.2) is 46.9 Å². The van der Waals surface area contributed by atoms with Crippen LogP contribution in [0.1, 0.15) is 78.2 Å². The molecule has 0 saturated heterocycles. The minimum absolute atomic E-state index is 0.0836. The molecule has 2 aliphatic carbocycles. The summed E-state index contributed by atoms with van der Waals surface area (Å²) >= 11 is 1.48. The van der Waals surface area contributed by atoms with Crippen LogP contribution in [-0.2, 0) is 22.4 Å². The van der Waals surface area contributed by atoms with Crippen molar-refractivity contribution in [2.45, 2.75) is 64.7 Å². The van der Waals surface area contributed by atoms with E-state index in [4.69, 9.17) is 10.5 Å². The molecular weight excluding hydrogens is 516 g/mol. The number of benzene rings is 1. The van der Waals surface area contributed by atoms with Crippen LogP contribution >= 0.6 is 11.3 Å². The molecule has 1 aromatic carbocycles. The number of Topliss-reactive ketones (excluding diaryl/α,β-unsaturated/α-hetero) is 1. The monoisotopic (exact) mass is 546 g/mol. The van der Waals surface area contributed by atoms with Crippen LogP contribution in [0, 0.1) is 26.9 Å².